The third-order valence-electron chi connectivity index (χ3n) is 4.66. The predicted molar refractivity (Wildman–Crippen MR) is 87.2 cm³/mol. The molecule has 2 rings (SSSR count). The maximum absolute atomic E-state index is 12.7. The molecule has 3 heteroatoms. The highest BCUT2D eigenvalue weighted by Gasteiger charge is 2.31. The number of carbonyl (C=O) groups is 1. The SMILES string of the molecule is Cc1ccc(C(C)(C)CC(=O)N2CCC(N)CC2C)cc1. The van der Waals surface area contributed by atoms with Crippen molar-refractivity contribution >= 4 is 5.91 Å². The van der Waals surface area contributed by atoms with E-state index >= 15 is 0 Å². The first-order valence-corrected chi connectivity index (χ1v) is 7.92. The number of rotatable bonds is 3. The van der Waals surface area contributed by atoms with Crippen molar-refractivity contribution in [3.8, 4) is 0 Å². The van der Waals surface area contributed by atoms with Crippen LogP contribution >= 0.6 is 0 Å². The highest BCUT2D eigenvalue weighted by molar-refractivity contribution is 5.78. The zero-order valence-electron chi connectivity index (χ0n) is 13.7. The quantitative estimate of drug-likeness (QED) is 0.929. The molecule has 1 amide bonds. The lowest BCUT2D eigenvalue weighted by atomic mass is 9.80. The lowest BCUT2D eigenvalue weighted by Crippen LogP contribution is -2.49. The molecule has 21 heavy (non-hydrogen) atoms. The molecule has 0 aromatic heterocycles. The molecule has 1 fully saturated rings. The zero-order valence-corrected chi connectivity index (χ0v) is 13.7. The fraction of sp³-hybridized carbons (Fsp3) is 0.611. The molecule has 3 nitrogen and oxygen atoms in total. The number of carbonyl (C=O) groups excluding carboxylic acids is 1. The normalized spacial score (nSPS) is 23.2. The number of amides is 1. The standard InChI is InChI=1S/C18H28N2O/c1-13-5-7-15(8-6-13)18(3,4)12-17(21)20-10-9-16(19)11-14(20)2/h5-8,14,16H,9-12,19H2,1-4H3. The lowest BCUT2D eigenvalue weighted by Gasteiger charge is -2.38. The second kappa shape index (κ2) is 6.18. The van der Waals surface area contributed by atoms with Crippen LogP contribution in [0.2, 0.25) is 0 Å². The van der Waals surface area contributed by atoms with E-state index in [0.717, 1.165) is 19.4 Å². The summed E-state index contributed by atoms with van der Waals surface area (Å²) in [6.07, 6.45) is 2.38. The van der Waals surface area contributed by atoms with Crippen molar-refractivity contribution in [1.82, 2.24) is 4.90 Å². The van der Waals surface area contributed by atoms with Gasteiger partial charge in [-0.25, -0.2) is 0 Å². The molecule has 1 aromatic rings. The summed E-state index contributed by atoms with van der Waals surface area (Å²) in [6, 6.07) is 9.01. The van der Waals surface area contributed by atoms with Crippen LogP contribution < -0.4 is 5.73 Å². The first-order chi connectivity index (χ1) is 9.79. The molecule has 2 N–H and O–H groups in total. The van der Waals surface area contributed by atoms with Gasteiger partial charge < -0.3 is 10.6 Å². The molecule has 0 saturated carbocycles. The van der Waals surface area contributed by atoms with Gasteiger partial charge in [-0.15, -0.1) is 0 Å². The largest absolute Gasteiger partial charge is 0.340 e. The fourth-order valence-electron chi connectivity index (χ4n) is 3.17. The Bertz CT molecular complexity index is 492. The van der Waals surface area contributed by atoms with E-state index < -0.39 is 0 Å². The third-order valence-corrected chi connectivity index (χ3v) is 4.66. The lowest BCUT2D eigenvalue weighted by molar-refractivity contribution is -0.135. The highest BCUT2D eigenvalue weighted by Crippen LogP contribution is 2.29. The molecular weight excluding hydrogens is 260 g/mol. The first kappa shape index (κ1) is 16.0. The fourth-order valence-corrected chi connectivity index (χ4v) is 3.17. The second-order valence-corrected chi connectivity index (χ2v) is 7.15. The van der Waals surface area contributed by atoms with Gasteiger partial charge in [-0.05, 0) is 37.7 Å². The van der Waals surface area contributed by atoms with E-state index in [2.05, 4.69) is 52.0 Å². The Labute approximate surface area is 128 Å². The van der Waals surface area contributed by atoms with Crippen molar-refractivity contribution in [2.75, 3.05) is 6.54 Å². The summed E-state index contributed by atoms with van der Waals surface area (Å²) in [6.45, 7) is 9.29. The Morgan fingerprint density at radius 2 is 1.95 bits per heavy atom. The molecule has 1 aromatic carbocycles. The van der Waals surface area contributed by atoms with E-state index in [1.54, 1.807) is 0 Å². The second-order valence-electron chi connectivity index (χ2n) is 7.15. The zero-order chi connectivity index (χ0) is 15.6. The van der Waals surface area contributed by atoms with Gasteiger partial charge in [0.05, 0.1) is 0 Å². The average Bonchev–Trinajstić information content (AvgIpc) is 2.38. The number of hydrogen-bond acceptors (Lipinski definition) is 2. The smallest absolute Gasteiger partial charge is 0.223 e. The van der Waals surface area contributed by atoms with Gasteiger partial charge >= 0.3 is 0 Å². The van der Waals surface area contributed by atoms with Crippen molar-refractivity contribution in [1.29, 1.82) is 0 Å². The van der Waals surface area contributed by atoms with E-state index in [4.69, 9.17) is 5.73 Å². The van der Waals surface area contributed by atoms with Crippen LogP contribution in [0.25, 0.3) is 0 Å². The van der Waals surface area contributed by atoms with Crippen LogP contribution in [0.4, 0.5) is 0 Å². The van der Waals surface area contributed by atoms with Crippen LogP contribution in [-0.2, 0) is 10.2 Å². The van der Waals surface area contributed by atoms with Gasteiger partial charge in [0.25, 0.3) is 0 Å². The van der Waals surface area contributed by atoms with Crippen LogP contribution in [0.5, 0.6) is 0 Å². The monoisotopic (exact) mass is 288 g/mol. The number of benzene rings is 1. The summed E-state index contributed by atoms with van der Waals surface area (Å²) in [5.41, 5.74) is 8.32. The molecule has 2 atom stereocenters. The number of likely N-dealkylation sites (tertiary alicyclic amines) is 1. The van der Waals surface area contributed by atoms with Crippen LogP contribution in [0, 0.1) is 6.92 Å². The average molecular weight is 288 g/mol. The Hall–Kier alpha value is -1.35. The Morgan fingerprint density at radius 3 is 2.52 bits per heavy atom. The summed E-state index contributed by atoms with van der Waals surface area (Å²) in [5, 5.41) is 0. The molecule has 1 saturated heterocycles. The van der Waals surface area contributed by atoms with Crippen molar-refractivity contribution in [2.24, 2.45) is 5.73 Å². The Morgan fingerprint density at radius 1 is 1.33 bits per heavy atom. The number of piperidine rings is 1. The van der Waals surface area contributed by atoms with Gasteiger partial charge in [0.2, 0.25) is 5.91 Å². The van der Waals surface area contributed by atoms with E-state index in [-0.39, 0.29) is 23.4 Å². The summed E-state index contributed by atoms with van der Waals surface area (Å²) in [5.74, 6) is 0.250. The maximum Gasteiger partial charge on any atom is 0.223 e. The summed E-state index contributed by atoms with van der Waals surface area (Å²) in [7, 11) is 0. The molecule has 1 heterocycles. The van der Waals surface area contributed by atoms with Crippen LogP contribution in [0.3, 0.4) is 0 Å². The molecule has 2 unspecified atom stereocenters. The number of hydrogen-bond donors (Lipinski definition) is 1. The molecule has 116 valence electrons. The topological polar surface area (TPSA) is 46.3 Å². The molecule has 0 aliphatic carbocycles. The highest BCUT2D eigenvalue weighted by atomic mass is 16.2. The maximum atomic E-state index is 12.7. The van der Waals surface area contributed by atoms with Gasteiger partial charge in [-0.2, -0.15) is 0 Å². The molecule has 0 bridgehead atoms. The molecule has 0 radical (unpaired) electrons. The van der Waals surface area contributed by atoms with Crippen molar-refractivity contribution in [3.05, 3.63) is 35.4 Å². The minimum atomic E-state index is -0.135. The van der Waals surface area contributed by atoms with Gasteiger partial charge in [0, 0.05) is 25.0 Å². The Balaban J connectivity index is 2.05. The van der Waals surface area contributed by atoms with Crippen molar-refractivity contribution in [2.45, 2.75) is 64.5 Å². The van der Waals surface area contributed by atoms with Gasteiger partial charge in [-0.1, -0.05) is 43.7 Å². The van der Waals surface area contributed by atoms with E-state index in [9.17, 15) is 4.79 Å². The summed E-state index contributed by atoms with van der Waals surface area (Å²) >= 11 is 0. The molecule has 1 aliphatic rings. The summed E-state index contributed by atoms with van der Waals surface area (Å²) < 4.78 is 0. The van der Waals surface area contributed by atoms with Crippen molar-refractivity contribution < 1.29 is 4.79 Å². The molecule has 1 aliphatic heterocycles. The Kier molecular flexibility index (Phi) is 4.72. The van der Waals surface area contributed by atoms with Gasteiger partial charge in [-0.3, -0.25) is 4.79 Å². The first-order valence-electron chi connectivity index (χ1n) is 7.92. The summed E-state index contributed by atoms with van der Waals surface area (Å²) in [4.78, 5) is 14.7. The van der Waals surface area contributed by atoms with Crippen molar-refractivity contribution in [3.63, 3.8) is 0 Å². The van der Waals surface area contributed by atoms with Crippen LogP contribution in [-0.4, -0.2) is 29.4 Å². The number of nitrogens with two attached hydrogens (primary N) is 1. The molecular formula is C18H28N2O. The van der Waals surface area contributed by atoms with E-state index in [0.29, 0.717) is 6.42 Å². The third kappa shape index (κ3) is 3.85. The number of nitrogens with zero attached hydrogens (tertiary/aromatic N) is 1. The minimum absolute atomic E-state index is 0.135. The van der Waals surface area contributed by atoms with Gasteiger partial charge in [0.1, 0.15) is 0 Å². The minimum Gasteiger partial charge on any atom is -0.340 e. The molecule has 0 spiro atoms. The van der Waals surface area contributed by atoms with Gasteiger partial charge in [0.15, 0.2) is 0 Å². The van der Waals surface area contributed by atoms with Crippen LogP contribution in [0.1, 0.15) is 51.2 Å². The predicted octanol–water partition coefficient (Wildman–Crippen LogP) is 3.00. The van der Waals surface area contributed by atoms with E-state index in [1.807, 2.05) is 4.90 Å². The van der Waals surface area contributed by atoms with Crippen LogP contribution in [0.15, 0.2) is 24.3 Å². The van der Waals surface area contributed by atoms with E-state index in [1.165, 1.54) is 11.1 Å². The number of aryl methyl sites for hydroxylation is 1.